The van der Waals surface area contributed by atoms with Gasteiger partial charge in [0.2, 0.25) is 5.91 Å². The Hall–Kier alpha value is -1.04. The number of carbonyl (C=O) groups is 1. The summed E-state index contributed by atoms with van der Waals surface area (Å²) in [7, 11) is 0. The highest BCUT2D eigenvalue weighted by Crippen LogP contribution is 2.26. The van der Waals surface area contributed by atoms with Crippen LogP contribution >= 0.6 is 0 Å². The molecule has 0 aliphatic heterocycles. The third-order valence-electron chi connectivity index (χ3n) is 1.85. The summed E-state index contributed by atoms with van der Waals surface area (Å²) in [5, 5.41) is 8.41. The number of carbonyl (C=O) groups excluding carboxylic acids is 1. The molecule has 1 aliphatic rings. The molecule has 60 valence electrons. The van der Waals surface area contributed by atoms with Gasteiger partial charge in [-0.3, -0.25) is 4.79 Å². The minimum Gasteiger partial charge on any atom is -0.326 e. The number of nitriles is 1. The summed E-state index contributed by atoms with van der Waals surface area (Å²) >= 11 is 0. The van der Waals surface area contributed by atoms with Gasteiger partial charge in [-0.25, -0.2) is 0 Å². The largest absolute Gasteiger partial charge is 0.326 e. The second kappa shape index (κ2) is 3.38. The van der Waals surface area contributed by atoms with E-state index >= 15 is 0 Å². The molecule has 0 bridgehead atoms. The van der Waals surface area contributed by atoms with Crippen LogP contribution in [0.4, 0.5) is 0 Å². The maximum Gasteiger partial charge on any atom is 0.223 e. The minimum absolute atomic E-state index is 0.106. The molecule has 0 spiro atoms. The molecule has 0 aromatic carbocycles. The highest BCUT2D eigenvalue weighted by atomic mass is 16.2. The average Bonchev–Trinajstić information content (AvgIpc) is 2.81. The Morgan fingerprint density at radius 1 is 1.73 bits per heavy atom. The lowest BCUT2D eigenvalue weighted by Gasteiger charge is -2.17. The summed E-state index contributed by atoms with van der Waals surface area (Å²) in [6.45, 7) is 2.09. The fourth-order valence-electron chi connectivity index (χ4n) is 1.09. The Morgan fingerprint density at radius 3 is 2.73 bits per heavy atom. The van der Waals surface area contributed by atoms with Crippen LogP contribution in [0.3, 0.4) is 0 Å². The predicted octanol–water partition coefficient (Wildman–Crippen LogP) is 0.911. The van der Waals surface area contributed by atoms with Crippen molar-refractivity contribution in [3.8, 4) is 6.07 Å². The van der Waals surface area contributed by atoms with E-state index in [0.717, 1.165) is 12.8 Å². The molecule has 3 nitrogen and oxygen atoms in total. The molecule has 0 saturated heterocycles. The summed E-state index contributed by atoms with van der Waals surface area (Å²) in [6.07, 6.45) is 2.67. The van der Waals surface area contributed by atoms with Gasteiger partial charge in [-0.15, -0.1) is 0 Å². The van der Waals surface area contributed by atoms with Gasteiger partial charge in [0.05, 0.1) is 6.07 Å². The zero-order valence-corrected chi connectivity index (χ0v) is 6.71. The Morgan fingerprint density at radius 2 is 2.36 bits per heavy atom. The van der Waals surface area contributed by atoms with Gasteiger partial charge in [0.1, 0.15) is 6.54 Å². The molecule has 1 fully saturated rings. The second-order valence-electron chi connectivity index (χ2n) is 2.76. The van der Waals surface area contributed by atoms with Gasteiger partial charge >= 0.3 is 0 Å². The van der Waals surface area contributed by atoms with Crippen LogP contribution < -0.4 is 0 Å². The van der Waals surface area contributed by atoms with Crippen molar-refractivity contribution in [1.82, 2.24) is 4.90 Å². The highest BCUT2D eigenvalue weighted by Gasteiger charge is 2.31. The van der Waals surface area contributed by atoms with Gasteiger partial charge < -0.3 is 4.90 Å². The summed E-state index contributed by atoms with van der Waals surface area (Å²) in [5.74, 6) is 0.106. The van der Waals surface area contributed by atoms with Crippen LogP contribution in [0.2, 0.25) is 0 Å². The lowest BCUT2D eigenvalue weighted by atomic mass is 10.3. The summed E-state index contributed by atoms with van der Waals surface area (Å²) in [5.41, 5.74) is 0. The number of hydrogen-bond donors (Lipinski definition) is 0. The standard InChI is InChI=1S/C8H12N2O/c1-2-8(11)10(6-5-9)7-3-4-7/h7H,2-4,6H2,1H3. The lowest BCUT2D eigenvalue weighted by Crippen LogP contribution is -2.32. The molecular weight excluding hydrogens is 140 g/mol. The van der Waals surface area contributed by atoms with E-state index < -0.39 is 0 Å². The molecular formula is C8H12N2O. The molecule has 1 rings (SSSR count). The van der Waals surface area contributed by atoms with E-state index in [0.29, 0.717) is 12.5 Å². The monoisotopic (exact) mass is 152 g/mol. The first kappa shape index (κ1) is 8.06. The molecule has 0 aromatic heterocycles. The topological polar surface area (TPSA) is 44.1 Å². The zero-order chi connectivity index (χ0) is 8.27. The Balaban J connectivity index is 2.45. The Bertz CT molecular complexity index is 191. The number of nitrogens with zero attached hydrogens (tertiary/aromatic N) is 2. The number of hydrogen-bond acceptors (Lipinski definition) is 2. The zero-order valence-electron chi connectivity index (χ0n) is 6.71. The molecule has 1 amide bonds. The van der Waals surface area contributed by atoms with Crippen LogP contribution in [0.15, 0.2) is 0 Å². The van der Waals surface area contributed by atoms with Crippen LogP contribution in [-0.4, -0.2) is 23.4 Å². The van der Waals surface area contributed by atoms with Crippen molar-refractivity contribution < 1.29 is 4.79 Å². The van der Waals surface area contributed by atoms with Crippen LogP contribution in [0.1, 0.15) is 26.2 Å². The normalized spacial score (nSPS) is 15.6. The van der Waals surface area contributed by atoms with Crippen LogP contribution in [0.5, 0.6) is 0 Å². The third-order valence-corrected chi connectivity index (χ3v) is 1.85. The Labute approximate surface area is 66.6 Å². The molecule has 11 heavy (non-hydrogen) atoms. The second-order valence-corrected chi connectivity index (χ2v) is 2.76. The van der Waals surface area contributed by atoms with Crippen molar-refractivity contribution in [2.45, 2.75) is 32.2 Å². The maximum absolute atomic E-state index is 11.2. The van der Waals surface area contributed by atoms with Crippen molar-refractivity contribution in [3.63, 3.8) is 0 Å². The van der Waals surface area contributed by atoms with Crippen molar-refractivity contribution in [1.29, 1.82) is 5.26 Å². The first-order valence-corrected chi connectivity index (χ1v) is 3.96. The quantitative estimate of drug-likeness (QED) is 0.564. The fraction of sp³-hybridized carbons (Fsp3) is 0.750. The summed E-state index contributed by atoms with van der Waals surface area (Å²) in [4.78, 5) is 12.8. The van der Waals surface area contributed by atoms with Crippen molar-refractivity contribution in [2.24, 2.45) is 0 Å². The Kier molecular flexibility index (Phi) is 2.48. The number of rotatable bonds is 3. The van der Waals surface area contributed by atoms with Crippen LogP contribution in [0, 0.1) is 11.3 Å². The third kappa shape index (κ3) is 1.94. The molecule has 3 heteroatoms. The van der Waals surface area contributed by atoms with Gasteiger partial charge in [-0.2, -0.15) is 5.26 Å². The van der Waals surface area contributed by atoms with E-state index in [-0.39, 0.29) is 12.5 Å². The first-order valence-electron chi connectivity index (χ1n) is 3.96. The fourth-order valence-corrected chi connectivity index (χ4v) is 1.09. The maximum atomic E-state index is 11.2. The summed E-state index contributed by atoms with van der Waals surface area (Å²) in [6, 6.07) is 2.39. The SMILES string of the molecule is CCC(=O)N(CC#N)C1CC1. The molecule has 0 N–H and O–H groups in total. The van der Waals surface area contributed by atoms with E-state index in [1.807, 2.05) is 13.0 Å². The number of amides is 1. The van der Waals surface area contributed by atoms with E-state index in [4.69, 9.17) is 5.26 Å². The predicted molar refractivity (Wildman–Crippen MR) is 40.6 cm³/mol. The van der Waals surface area contributed by atoms with Gasteiger partial charge in [0.25, 0.3) is 0 Å². The molecule has 0 unspecified atom stereocenters. The van der Waals surface area contributed by atoms with Gasteiger partial charge in [-0.05, 0) is 12.8 Å². The van der Waals surface area contributed by atoms with Crippen molar-refractivity contribution >= 4 is 5.91 Å². The van der Waals surface area contributed by atoms with E-state index in [1.54, 1.807) is 4.90 Å². The minimum atomic E-state index is 0.106. The van der Waals surface area contributed by atoms with E-state index in [1.165, 1.54) is 0 Å². The van der Waals surface area contributed by atoms with Gasteiger partial charge in [-0.1, -0.05) is 6.92 Å². The smallest absolute Gasteiger partial charge is 0.223 e. The molecule has 0 heterocycles. The van der Waals surface area contributed by atoms with E-state index in [9.17, 15) is 4.79 Å². The van der Waals surface area contributed by atoms with Crippen molar-refractivity contribution in [2.75, 3.05) is 6.54 Å². The van der Waals surface area contributed by atoms with Gasteiger partial charge in [0, 0.05) is 12.5 Å². The van der Waals surface area contributed by atoms with Crippen molar-refractivity contribution in [3.05, 3.63) is 0 Å². The van der Waals surface area contributed by atoms with E-state index in [2.05, 4.69) is 0 Å². The van der Waals surface area contributed by atoms with Crippen LogP contribution in [0.25, 0.3) is 0 Å². The molecule has 0 aromatic rings. The molecule has 1 saturated carbocycles. The first-order chi connectivity index (χ1) is 5.29. The molecule has 1 aliphatic carbocycles. The molecule has 0 radical (unpaired) electrons. The van der Waals surface area contributed by atoms with Gasteiger partial charge in [0.15, 0.2) is 0 Å². The average molecular weight is 152 g/mol. The summed E-state index contributed by atoms with van der Waals surface area (Å²) < 4.78 is 0. The highest BCUT2D eigenvalue weighted by molar-refractivity contribution is 5.76. The lowest BCUT2D eigenvalue weighted by molar-refractivity contribution is -0.130. The van der Waals surface area contributed by atoms with Crippen LogP contribution in [-0.2, 0) is 4.79 Å². The molecule has 0 atom stereocenters.